The molecule has 11 heteroatoms. The standard InChI is InChI=1S/C31H29BrN2O7S/c1-7-41-30(36)27-16(2)33-31-34(28(27)21-13-22(32)25(40-6)15-24(21)39-5)29(35)26(42-31)14-20-19-12-18(37-3)10-8-17(19)9-11-23(20)38-4/h8-15,28H,7H2,1-6H3/t28-/m0/s1. The lowest BCUT2D eigenvalue weighted by Crippen LogP contribution is -2.40. The molecule has 1 atom stereocenters. The predicted octanol–water partition coefficient (Wildman–Crippen LogP) is 4.75. The van der Waals surface area contributed by atoms with E-state index in [4.69, 9.17) is 23.7 Å². The highest BCUT2D eigenvalue weighted by atomic mass is 79.9. The van der Waals surface area contributed by atoms with Gasteiger partial charge in [0.2, 0.25) is 0 Å². The zero-order valence-corrected chi connectivity index (χ0v) is 26.3. The van der Waals surface area contributed by atoms with Crippen molar-refractivity contribution in [2.24, 2.45) is 4.99 Å². The number of hydrogen-bond donors (Lipinski definition) is 0. The number of esters is 1. The Bertz CT molecular complexity index is 1920. The van der Waals surface area contributed by atoms with Gasteiger partial charge in [-0.15, -0.1) is 0 Å². The molecule has 1 aliphatic rings. The minimum atomic E-state index is -0.867. The maximum Gasteiger partial charge on any atom is 0.338 e. The van der Waals surface area contributed by atoms with E-state index in [1.807, 2.05) is 30.3 Å². The number of thiazole rings is 1. The van der Waals surface area contributed by atoms with E-state index in [0.717, 1.165) is 16.3 Å². The molecule has 218 valence electrons. The fourth-order valence-corrected chi connectivity index (χ4v) is 6.62. The Morgan fingerprint density at radius 2 is 1.71 bits per heavy atom. The van der Waals surface area contributed by atoms with Crippen LogP contribution in [-0.2, 0) is 9.53 Å². The fourth-order valence-electron chi connectivity index (χ4n) is 5.07. The number of allylic oxidation sites excluding steroid dienone is 1. The summed E-state index contributed by atoms with van der Waals surface area (Å²) in [6.45, 7) is 3.64. The van der Waals surface area contributed by atoms with Gasteiger partial charge in [-0.05, 0) is 70.9 Å². The molecular weight excluding hydrogens is 624 g/mol. The number of methoxy groups -OCH3 is 4. The van der Waals surface area contributed by atoms with Gasteiger partial charge in [0.25, 0.3) is 5.56 Å². The van der Waals surface area contributed by atoms with Crippen molar-refractivity contribution in [3.8, 4) is 23.0 Å². The van der Waals surface area contributed by atoms with Crippen molar-refractivity contribution >= 4 is 50.1 Å². The lowest BCUT2D eigenvalue weighted by atomic mass is 9.95. The summed E-state index contributed by atoms with van der Waals surface area (Å²) in [7, 11) is 6.27. The lowest BCUT2D eigenvalue weighted by molar-refractivity contribution is -0.139. The number of hydrogen-bond acceptors (Lipinski definition) is 9. The van der Waals surface area contributed by atoms with Crippen LogP contribution in [0.15, 0.2) is 68.0 Å². The van der Waals surface area contributed by atoms with Crippen LogP contribution in [-0.4, -0.2) is 45.6 Å². The molecule has 0 saturated heterocycles. The number of carbonyl (C=O) groups is 1. The van der Waals surface area contributed by atoms with Gasteiger partial charge < -0.3 is 23.7 Å². The Kier molecular flexibility index (Phi) is 8.42. The smallest absolute Gasteiger partial charge is 0.338 e. The van der Waals surface area contributed by atoms with Gasteiger partial charge in [0, 0.05) is 17.2 Å². The van der Waals surface area contributed by atoms with E-state index in [-0.39, 0.29) is 17.7 Å². The van der Waals surface area contributed by atoms with Crippen LogP contribution in [0, 0.1) is 0 Å². The van der Waals surface area contributed by atoms with Crippen LogP contribution in [0.1, 0.15) is 31.0 Å². The van der Waals surface area contributed by atoms with Crippen LogP contribution in [0.2, 0.25) is 0 Å². The Morgan fingerprint density at radius 1 is 1.00 bits per heavy atom. The van der Waals surface area contributed by atoms with Gasteiger partial charge in [-0.25, -0.2) is 9.79 Å². The van der Waals surface area contributed by atoms with Gasteiger partial charge >= 0.3 is 5.97 Å². The van der Waals surface area contributed by atoms with Crippen LogP contribution in [0.3, 0.4) is 0 Å². The second-order valence-corrected chi connectivity index (χ2v) is 11.2. The highest BCUT2D eigenvalue weighted by Crippen LogP contribution is 2.41. The SMILES string of the molecule is CCOC(=O)C1=C(C)N=c2sc(=Cc3c(OC)ccc4ccc(OC)cc34)c(=O)n2[C@H]1c1cc(Br)c(OC)cc1OC. The third-order valence-corrected chi connectivity index (χ3v) is 8.64. The summed E-state index contributed by atoms with van der Waals surface area (Å²) in [4.78, 5) is 32.7. The van der Waals surface area contributed by atoms with Gasteiger partial charge in [-0.1, -0.05) is 23.5 Å². The average molecular weight is 654 g/mol. The van der Waals surface area contributed by atoms with Crippen LogP contribution >= 0.6 is 27.3 Å². The number of ether oxygens (including phenoxy) is 5. The molecule has 0 saturated carbocycles. The zero-order chi connectivity index (χ0) is 30.1. The summed E-state index contributed by atoms with van der Waals surface area (Å²) in [6, 6.07) is 12.2. The summed E-state index contributed by atoms with van der Waals surface area (Å²) < 4.78 is 30.3. The third-order valence-electron chi connectivity index (χ3n) is 7.04. The molecular formula is C31H29BrN2O7S. The van der Waals surface area contributed by atoms with Gasteiger partial charge in [0.05, 0.1) is 55.3 Å². The summed E-state index contributed by atoms with van der Waals surface area (Å²) >= 11 is 4.77. The number of nitrogens with zero attached hydrogens (tertiary/aromatic N) is 2. The number of rotatable bonds is 8. The molecule has 1 aliphatic heterocycles. The first-order valence-corrected chi connectivity index (χ1v) is 14.6. The second kappa shape index (κ2) is 12.0. The molecule has 0 aliphatic carbocycles. The number of carbonyl (C=O) groups excluding carboxylic acids is 1. The first-order chi connectivity index (χ1) is 20.3. The molecule has 0 fully saturated rings. The summed E-state index contributed by atoms with van der Waals surface area (Å²) in [5.74, 6) is 1.70. The lowest BCUT2D eigenvalue weighted by Gasteiger charge is -2.26. The summed E-state index contributed by atoms with van der Waals surface area (Å²) in [6.07, 6.45) is 1.80. The molecule has 0 N–H and O–H groups in total. The van der Waals surface area contributed by atoms with E-state index in [2.05, 4.69) is 20.9 Å². The molecule has 4 aromatic rings. The minimum absolute atomic E-state index is 0.167. The highest BCUT2D eigenvalue weighted by molar-refractivity contribution is 9.10. The minimum Gasteiger partial charge on any atom is -0.497 e. The zero-order valence-electron chi connectivity index (χ0n) is 23.9. The summed E-state index contributed by atoms with van der Waals surface area (Å²) in [5, 5.41) is 1.82. The van der Waals surface area contributed by atoms with Crippen molar-refractivity contribution in [2.75, 3.05) is 35.0 Å². The van der Waals surface area contributed by atoms with Crippen LogP contribution in [0.4, 0.5) is 0 Å². The molecule has 2 heterocycles. The van der Waals surface area contributed by atoms with Crippen molar-refractivity contribution in [3.63, 3.8) is 0 Å². The third kappa shape index (κ3) is 5.07. The molecule has 5 rings (SSSR count). The van der Waals surface area contributed by atoms with Crippen molar-refractivity contribution in [3.05, 3.63) is 89.0 Å². The van der Waals surface area contributed by atoms with Gasteiger partial charge in [0.15, 0.2) is 4.80 Å². The molecule has 3 aromatic carbocycles. The molecule has 0 radical (unpaired) electrons. The first kappa shape index (κ1) is 29.4. The Labute approximate surface area is 254 Å². The normalized spacial score (nSPS) is 14.8. The number of fused-ring (bicyclic) bond motifs is 2. The highest BCUT2D eigenvalue weighted by Gasteiger charge is 2.35. The largest absolute Gasteiger partial charge is 0.497 e. The number of benzene rings is 3. The van der Waals surface area contributed by atoms with E-state index < -0.39 is 12.0 Å². The molecule has 9 nitrogen and oxygen atoms in total. The van der Waals surface area contributed by atoms with E-state index >= 15 is 0 Å². The Morgan fingerprint density at radius 3 is 2.38 bits per heavy atom. The van der Waals surface area contributed by atoms with Crippen molar-refractivity contribution in [1.82, 2.24) is 4.57 Å². The molecule has 0 amide bonds. The predicted molar refractivity (Wildman–Crippen MR) is 165 cm³/mol. The molecule has 1 aromatic heterocycles. The van der Waals surface area contributed by atoms with Crippen molar-refractivity contribution in [1.29, 1.82) is 0 Å². The monoisotopic (exact) mass is 652 g/mol. The first-order valence-electron chi connectivity index (χ1n) is 13.0. The maximum atomic E-state index is 14.3. The molecule has 0 bridgehead atoms. The van der Waals surface area contributed by atoms with E-state index in [1.54, 1.807) is 53.4 Å². The van der Waals surface area contributed by atoms with Crippen molar-refractivity contribution in [2.45, 2.75) is 19.9 Å². The van der Waals surface area contributed by atoms with E-state index in [9.17, 15) is 9.59 Å². The van der Waals surface area contributed by atoms with E-state index in [1.165, 1.54) is 23.0 Å². The van der Waals surface area contributed by atoms with Crippen LogP contribution in [0.5, 0.6) is 23.0 Å². The summed E-state index contributed by atoms with van der Waals surface area (Å²) in [5.41, 5.74) is 1.67. The van der Waals surface area contributed by atoms with Crippen molar-refractivity contribution < 1.29 is 28.5 Å². The topological polar surface area (TPSA) is 97.6 Å². The van der Waals surface area contributed by atoms with E-state index in [0.29, 0.717) is 48.1 Å². The van der Waals surface area contributed by atoms with Crippen LogP contribution in [0.25, 0.3) is 16.8 Å². The Balaban J connectivity index is 1.83. The fraction of sp³-hybridized carbons (Fsp3) is 0.258. The van der Waals surface area contributed by atoms with Gasteiger partial charge in [-0.2, -0.15) is 0 Å². The maximum absolute atomic E-state index is 14.3. The van der Waals surface area contributed by atoms with Crippen LogP contribution < -0.4 is 33.8 Å². The average Bonchev–Trinajstić information content (AvgIpc) is 3.30. The molecule has 0 spiro atoms. The quantitative estimate of drug-likeness (QED) is 0.254. The second-order valence-electron chi connectivity index (χ2n) is 9.30. The molecule has 42 heavy (non-hydrogen) atoms. The van der Waals surface area contributed by atoms with Gasteiger partial charge in [-0.3, -0.25) is 9.36 Å². The number of aromatic nitrogens is 1. The van der Waals surface area contributed by atoms with Gasteiger partial charge in [0.1, 0.15) is 29.0 Å². The molecule has 0 unspecified atom stereocenters. The number of halogens is 1. The Hall–Kier alpha value is -4.09.